The van der Waals surface area contributed by atoms with Crippen molar-refractivity contribution in [1.29, 1.82) is 0 Å². The molecule has 0 aliphatic heterocycles. The van der Waals surface area contributed by atoms with E-state index in [1.54, 1.807) is 0 Å². The van der Waals surface area contributed by atoms with E-state index < -0.39 is 0 Å². The van der Waals surface area contributed by atoms with E-state index in [1.165, 1.54) is 43.5 Å². The first-order valence-electron chi connectivity index (χ1n) is 6.70. The van der Waals surface area contributed by atoms with Gasteiger partial charge in [0.05, 0.1) is 0 Å². The second-order valence-electron chi connectivity index (χ2n) is 5.48. The third kappa shape index (κ3) is 2.97. The molecule has 0 aromatic carbocycles. The lowest BCUT2D eigenvalue weighted by Gasteiger charge is -2.22. The van der Waals surface area contributed by atoms with E-state index >= 15 is 0 Å². The van der Waals surface area contributed by atoms with Crippen LogP contribution in [0.3, 0.4) is 0 Å². The Kier molecular flexibility index (Phi) is 3.02. The molecule has 3 heteroatoms. The Labute approximate surface area is 103 Å². The Morgan fingerprint density at radius 1 is 1.35 bits per heavy atom. The molecular weight excluding hydrogens is 210 g/mol. The van der Waals surface area contributed by atoms with E-state index in [-0.39, 0.29) is 0 Å². The molecule has 2 fully saturated rings. The van der Waals surface area contributed by atoms with E-state index in [0.29, 0.717) is 0 Å². The zero-order chi connectivity index (χ0) is 11.7. The van der Waals surface area contributed by atoms with Crippen molar-refractivity contribution in [1.82, 2.24) is 10.3 Å². The molecule has 0 atom stereocenters. The monoisotopic (exact) mass is 231 g/mol. The number of nitrogens with one attached hydrogen (secondary N) is 1. The SMILES string of the molecule is CN(CC1CC1)c1ccncc1CNC1CC1. The highest BCUT2D eigenvalue weighted by Crippen LogP contribution is 2.31. The Balaban J connectivity index is 1.66. The summed E-state index contributed by atoms with van der Waals surface area (Å²) in [6, 6.07) is 2.91. The van der Waals surface area contributed by atoms with Crippen molar-refractivity contribution in [3.8, 4) is 0 Å². The second-order valence-corrected chi connectivity index (χ2v) is 5.48. The van der Waals surface area contributed by atoms with Gasteiger partial charge in [-0.2, -0.15) is 0 Å². The molecule has 3 rings (SSSR count). The molecule has 0 radical (unpaired) electrons. The van der Waals surface area contributed by atoms with Gasteiger partial charge in [0.2, 0.25) is 0 Å². The summed E-state index contributed by atoms with van der Waals surface area (Å²) in [5.74, 6) is 0.928. The van der Waals surface area contributed by atoms with Gasteiger partial charge >= 0.3 is 0 Å². The highest BCUT2D eigenvalue weighted by atomic mass is 15.1. The van der Waals surface area contributed by atoms with Crippen LogP contribution in [0.4, 0.5) is 5.69 Å². The highest BCUT2D eigenvalue weighted by molar-refractivity contribution is 5.51. The van der Waals surface area contributed by atoms with Gasteiger partial charge in [0.15, 0.2) is 0 Å². The maximum Gasteiger partial charge on any atom is 0.0440 e. The van der Waals surface area contributed by atoms with Crippen LogP contribution in [0.25, 0.3) is 0 Å². The van der Waals surface area contributed by atoms with Crippen LogP contribution in [-0.2, 0) is 6.54 Å². The van der Waals surface area contributed by atoms with Gasteiger partial charge < -0.3 is 10.2 Å². The number of rotatable bonds is 6. The number of nitrogens with zero attached hydrogens (tertiary/aromatic N) is 2. The topological polar surface area (TPSA) is 28.2 Å². The van der Waals surface area contributed by atoms with Crippen LogP contribution >= 0.6 is 0 Å². The van der Waals surface area contributed by atoms with Crippen LogP contribution in [-0.4, -0.2) is 24.6 Å². The zero-order valence-corrected chi connectivity index (χ0v) is 10.5. The molecule has 17 heavy (non-hydrogen) atoms. The van der Waals surface area contributed by atoms with E-state index in [1.807, 2.05) is 12.4 Å². The largest absolute Gasteiger partial charge is 0.374 e. The molecule has 3 nitrogen and oxygen atoms in total. The summed E-state index contributed by atoms with van der Waals surface area (Å²) in [4.78, 5) is 6.65. The zero-order valence-electron chi connectivity index (χ0n) is 10.5. The fourth-order valence-corrected chi connectivity index (χ4v) is 2.26. The minimum Gasteiger partial charge on any atom is -0.374 e. The van der Waals surface area contributed by atoms with Crippen LogP contribution in [0, 0.1) is 5.92 Å². The third-order valence-electron chi connectivity index (χ3n) is 3.68. The summed E-state index contributed by atoms with van der Waals surface area (Å²) in [5, 5.41) is 3.57. The molecule has 0 amide bonds. The van der Waals surface area contributed by atoms with Crippen LogP contribution in [0.2, 0.25) is 0 Å². The molecule has 0 saturated heterocycles. The van der Waals surface area contributed by atoms with Gasteiger partial charge in [-0.25, -0.2) is 0 Å². The fraction of sp³-hybridized carbons (Fsp3) is 0.643. The van der Waals surface area contributed by atoms with Gasteiger partial charge in [0.25, 0.3) is 0 Å². The molecular formula is C14H21N3. The maximum absolute atomic E-state index is 4.25. The van der Waals surface area contributed by atoms with Crippen molar-refractivity contribution in [3.05, 3.63) is 24.0 Å². The number of hydrogen-bond acceptors (Lipinski definition) is 3. The molecule has 0 bridgehead atoms. The highest BCUT2D eigenvalue weighted by Gasteiger charge is 2.24. The van der Waals surface area contributed by atoms with Gasteiger partial charge in [0.1, 0.15) is 0 Å². The van der Waals surface area contributed by atoms with Gasteiger partial charge in [-0.05, 0) is 37.7 Å². The summed E-state index contributed by atoms with van der Waals surface area (Å²) < 4.78 is 0. The lowest BCUT2D eigenvalue weighted by Crippen LogP contribution is -2.23. The molecule has 1 N–H and O–H groups in total. The van der Waals surface area contributed by atoms with Crippen molar-refractivity contribution < 1.29 is 0 Å². The summed E-state index contributed by atoms with van der Waals surface area (Å²) in [5.41, 5.74) is 2.68. The molecule has 2 aliphatic rings. The third-order valence-corrected chi connectivity index (χ3v) is 3.68. The minimum atomic E-state index is 0.761. The smallest absolute Gasteiger partial charge is 0.0440 e. The predicted octanol–water partition coefficient (Wildman–Crippen LogP) is 2.18. The van der Waals surface area contributed by atoms with E-state index in [9.17, 15) is 0 Å². The molecule has 0 spiro atoms. The number of aromatic nitrogens is 1. The van der Waals surface area contributed by atoms with E-state index in [4.69, 9.17) is 0 Å². The molecule has 2 aliphatic carbocycles. The van der Waals surface area contributed by atoms with Crippen LogP contribution in [0.15, 0.2) is 18.5 Å². The lowest BCUT2D eigenvalue weighted by molar-refractivity contribution is 0.681. The van der Waals surface area contributed by atoms with Crippen molar-refractivity contribution in [2.45, 2.75) is 38.3 Å². The summed E-state index contributed by atoms with van der Waals surface area (Å²) in [7, 11) is 2.20. The number of hydrogen-bond donors (Lipinski definition) is 1. The molecule has 2 saturated carbocycles. The van der Waals surface area contributed by atoms with Crippen LogP contribution in [0.5, 0.6) is 0 Å². The minimum absolute atomic E-state index is 0.761. The first-order chi connectivity index (χ1) is 8.33. The molecule has 1 heterocycles. The Bertz CT molecular complexity index is 383. The maximum atomic E-state index is 4.25. The first kappa shape index (κ1) is 11.0. The molecule has 1 aromatic rings. The van der Waals surface area contributed by atoms with Crippen molar-refractivity contribution >= 4 is 5.69 Å². The molecule has 92 valence electrons. The van der Waals surface area contributed by atoms with Gasteiger partial charge in [-0.1, -0.05) is 0 Å². The Morgan fingerprint density at radius 2 is 2.18 bits per heavy atom. The Morgan fingerprint density at radius 3 is 2.88 bits per heavy atom. The van der Waals surface area contributed by atoms with Crippen molar-refractivity contribution in [2.75, 3.05) is 18.5 Å². The lowest BCUT2D eigenvalue weighted by atomic mass is 10.2. The van der Waals surface area contributed by atoms with Crippen LogP contribution in [0.1, 0.15) is 31.2 Å². The van der Waals surface area contributed by atoms with Crippen LogP contribution < -0.4 is 10.2 Å². The second kappa shape index (κ2) is 4.65. The standard InChI is InChI=1S/C14H21N3/c1-17(10-11-2-3-11)14-6-7-15-8-12(14)9-16-13-4-5-13/h6-8,11,13,16H,2-5,9-10H2,1H3. The predicted molar refractivity (Wildman–Crippen MR) is 70.1 cm³/mol. The Hall–Kier alpha value is -1.09. The van der Waals surface area contributed by atoms with Crippen molar-refractivity contribution in [3.63, 3.8) is 0 Å². The van der Waals surface area contributed by atoms with Gasteiger partial charge in [-0.3, -0.25) is 4.98 Å². The average Bonchev–Trinajstić information content (AvgIpc) is 3.21. The quantitative estimate of drug-likeness (QED) is 0.813. The summed E-state index contributed by atoms with van der Waals surface area (Å²) >= 11 is 0. The summed E-state index contributed by atoms with van der Waals surface area (Å²) in [6.07, 6.45) is 9.41. The van der Waals surface area contributed by atoms with E-state index in [2.05, 4.69) is 28.3 Å². The van der Waals surface area contributed by atoms with Gasteiger partial charge in [-0.15, -0.1) is 0 Å². The molecule has 0 unspecified atom stereocenters. The number of pyridine rings is 1. The van der Waals surface area contributed by atoms with E-state index in [0.717, 1.165) is 18.5 Å². The average molecular weight is 231 g/mol. The number of anilines is 1. The fourth-order valence-electron chi connectivity index (χ4n) is 2.26. The first-order valence-corrected chi connectivity index (χ1v) is 6.70. The molecule has 1 aromatic heterocycles. The van der Waals surface area contributed by atoms with Crippen molar-refractivity contribution in [2.24, 2.45) is 5.92 Å². The summed E-state index contributed by atoms with van der Waals surface area (Å²) in [6.45, 7) is 2.16. The van der Waals surface area contributed by atoms with Gasteiger partial charge in [0, 0.05) is 49.8 Å². The normalized spacial score (nSPS) is 19.4.